The Kier molecular flexibility index (Phi) is 4.65. The quantitative estimate of drug-likeness (QED) is 0.831. The SMILES string of the molecule is C[C@@H](NC(=O)COC(=O)C1(c2ccccc2)CC1)c1ccccc1. The predicted molar refractivity (Wildman–Crippen MR) is 91.3 cm³/mol. The fourth-order valence-corrected chi connectivity index (χ4v) is 2.87. The molecule has 3 rings (SSSR count). The largest absolute Gasteiger partial charge is 0.455 e. The van der Waals surface area contributed by atoms with Gasteiger partial charge in [0, 0.05) is 0 Å². The number of hydrogen-bond acceptors (Lipinski definition) is 3. The third-order valence-electron chi connectivity index (χ3n) is 4.48. The molecule has 4 nitrogen and oxygen atoms in total. The van der Waals surface area contributed by atoms with Gasteiger partial charge < -0.3 is 10.1 Å². The minimum Gasteiger partial charge on any atom is -0.455 e. The van der Waals surface area contributed by atoms with Crippen LogP contribution < -0.4 is 5.32 Å². The molecule has 1 N–H and O–H groups in total. The van der Waals surface area contributed by atoms with Crippen molar-refractivity contribution in [2.45, 2.75) is 31.2 Å². The van der Waals surface area contributed by atoms with E-state index >= 15 is 0 Å². The van der Waals surface area contributed by atoms with Crippen molar-refractivity contribution in [2.75, 3.05) is 6.61 Å². The standard InChI is InChI=1S/C20H21NO3/c1-15(16-8-4-2-5-9-16)21-18(22)14-24-19(23)20(12-13-20)17-10-6-3-7-11-17/h2-11,15H,12-14H2,1H3,(H,21,22)/t15-/m1/s1. The Morgan fingerprint density at radius 1 is 1.04 bits per heavy atom. The Morgan fingerprint density at radius 2 is 1.62 bits per heavy atom. The maximum Gasteiger partial charge on any atom is 0.317 e. The first-order valence-corrected chi connectivity index (χ1v) is 8.19. The Bertz CT molecular complexity index is 708. The zero-order valence-corrected chi connectivity index (χ0v) is 13.7. The molecule has 2 aromatic rings. The fraction of sp³-hybridized carbons (Fsp3) is 0.300. The van der Waals surface area contributed by atoms with Crippen LogP contribution in [0.15, 0.2) is 60.7 Å². The second kappa shape index (κ2) is 6.87. The van der Waals surface area contributed by atoms with Gasteiger partial charge in [0.15, 0.2) is 6.61 Å². The Labute approximate surface area is 141 Å². The van der Waals surface area contributed by atoms with E-state index in [4.69, 9.17) is 4.74 Å². The maximum atomic E-state index is 12.4. The van der Waals surface area contributed by atoms with Crippen LogP contribution in [0.5, 0.6) is 0 Å². The lowest BCUT2D eigenvalue weighted by Gasteiger charge is -2.17. The number of esters is 1. The summed E-state index contributed by atoms with van der Waals surface area (Å²) in [5.41, 5.74) is 1.43. The van der Waals surface area contributed by atoms with Gasteiger partial charge in [-0.15, -0.1) is 0 Å². The molecule has 1 amide bonds. The second-order valence-corrected chi connectivity index (χ2v) is 6.22. The molecule has 1 aliphatic rings. The van der Waals surface area contributed by atoms with Gasteiger partial charge in [-0.1, -0.05) is 60.7 Å². The summed E-state index contributed by atoms with van der Waals surface area (Å²) in [6, 6.07) is 19.2. The minimum absolute atomic E-state index is 0.124. The van der Waals surface area contributed by atoms with Crippen molar-refractivity contribution < 1.29 is 14.3 Å². The molecule has 0 aromatic heterocycles. The highest BCUT2D eigenvalue weighted by atomic mass is 16.5. The van der Waals surface area contributed by atoms with Crippen molar-refractivity contribution in [3.8, 4) is 0 Å². The number of carbonyl (C=O) groups excluding carboxylic acids is 2. The lowest BCUT2D eigenvalue weighted by Crippen LogP contribution is -2.33. The second-order valence-electron chi connectivity index (χ2n) is 6.22. The van der Waals surface area contributed by atoms with Gasteiger partial charge in [-0.3, -0.25) is 9.59 Å². The number of carbonyl (C=O) groups is 2. The molecule has 1 atom stereocenters. The van der Waals surface area contributed by atoms with Crippen molar-refractivity contribution in [3.63, 3.8) is 0 Å². The van der Waals surface area contributed by atoms with Crippen molar-refractivity contribution in [1.82, 2.24) is 5.32 Å². The lowest BCUT2D eigenvalue weighted by atomic mass is 9.96. The van der Waals surface area contributed by atoms with E-state index in [1.807, 2.05) is 67.6 Å². The molecule has 124 valence electrons. The topological polar surface area (TPSA) is 55.4 Å². The van der Waals surface area contributed by atoms with Crippen molar-refractivity contribution in [3.05, 3.63) is 71.8 Å². The van der Waals surface area contributed by atoms with E-state index in [9.17, 15) is 9.59 Å². The normalized spacial score (nSPS) is 16.0. The van der Waals surface area contributed by atoms with Crippen LogP contribution in [0.25, 0.3) is 0 Å². The van der Waals surface area contributed by atoms with Crippen LogP contribution >= 0.6 is 0 Å². The lowest BCUT2D eigenvalue weighted by molar-refractivity contribution is -0.151. The molecule has 0 aliphatic heterocycles. The smallest absolute Gasteiger partial charge is 0.317 e. The van der Waals surface area contributed by atoms with Crippen LogP contribution in [0, 0.1) is 0 Å². The van der Waals surface area contributed by atoms with Gasteiger partial charge in [0.25, 0.3) is 5.91 Å². The summed E-state index contributed by atoms with van der Waals surface area (Å²) in [4.78, 5) is 24.4. The zero-order valence-electron chi connectivity index (χ0n) is 13.7. The first-order chi connectivity index (χ1) is 11.6. The van der Waals surface area contributed by atoms with E-state index in [2.05, 4.69) is 5.32 Å². The number of hydrogen-bond donors (Lipinski definition) is 1. The summed E-state index contributed by atoms with van der Waals surface area (Å²) in [5, 5.41) is 2.85. The molecule has 1 fully saturated rings. The van der Waals surface area contributed by atoms with Crippen LogP contribution in [-0.2, 0) is 19.7 Å². The van der Waals surface area contributed by atoms with E-state index in [0.717, 1.165) is 24.0 Å². The van der Waals surface area contributed by atoms with Crippen molar-refractivity contribution >= 4 is 11.9 Å². The third-order valence-corrected chi connectivity index (χ3v) is 4.48. The van der Waals surface area contributed by atoms with Crippen molar-refractivity contribution in [2.24, 2.45) is 0 Å². The van der Waals surface area contributed by atoms with Crippen LogP contribution in [0.2, 0.25) is 0 Å². The number of rotatable bonds is 6. The fourth-order valence-electron chi connectivity index (χ4n) is 2.87. The highest BCUT2D eigenvalue weighted by Gasteiger charge is 2.52. The van der Waals surface area contributed by atoms with E-state index in [1.54, 1.807) is 0 Å². The minimum atomic E-state index is -0.549. The van der Waals surface area contributed by atoms with Gasteiger partial charge in [-0.2, -0.15) is 0 Å². The summed E-state index contributed by atoms with van der Waals surface area (Å²) in [5.74, 6) is -0.597. The predicted octanol–water partition coefficient (Wildman–Crippen LogP) is 3.14. The van der Waals surface area contributed by atoms with Crippen LogP contribution in [0.3, 0.4) is 0 Å². The van der Waals surface area contributed by atoms with E-state index in [0.29, 0.717) is 0 Å². The first kappa shape index (κ1) is 16.2. The van der Waals surface area contributed by atoms with Gasteiger partial charge in [-0.25, -0.2) is 0 Å². The summed E-state index contributed by atoms with van der Waals surface area (Å²) in [6.45, 7) is 1.66. The zero-order chi connectivity index (χ0) is 17.0. The summed E-state index contributed by atoms with van der Waals surface area (Å²) in [7, 11) is 0. The van der Waals surface area contributed by atoms with Gasteiger partial charge in [0.05, 0.1) is 11.5 Å². The average Bonchev–Trinajstić information content (AvgIpc) is 3.43. The molecule has 0 unspecified atom stereocenters. The molecule has 0 heterocycles. The van der Waals surface area contributed by atoms with E-state index in [-0.39, 0.29) is 24.5 Å². The highest BCUT2D eigenvalue weighted by molar-refractivity contribution is 5.89. The summed E-state index contributed by atoms with van der Waals surface area (Å²) in [6.07, 6.45) is 1.55. The number of nitrogens with one attached hydrogen (secondary N) is 1. The summed E-state index contributed by atoms with van der Waals surface area (Å²) >= 11 is 0. The number of ether oxygens (including phenoxy) is 1. The van der Waals surface area contributed by atoms with Crippen LogP contribution in [0.1, 0.15) is 36.9 Å². The monoisotopic (exact) mass is 323 g/mol. The molecular formula is C20H21NO3. The molecule has 1 aliphatic carbocycles. The van der Waals surface area contributed by atoms with Gasteiger partial charge in [0.2, 0.25) is 0 Å². The molecule has 0 radical (unpaired) electrons. The molecule has 2 aromatic carbocycles. The van der Waals surface area contributed by atoms with Gasteiger partial charge in [-0.05, 0) is 30.9 Å². The van der Waals surface area contributed by atoms with Crippen LogP contribution in [-0.4, -0.2) is 18.5 Å². The van der Waals surface area contributed by atoms with Crippen molar-refractivity contribution in [1.29, 1.82) is 0 Å². The Morgan fingerprint density at radius 3 is 2.21 bits per heavy atom. The van der Waals surface area contributed by atoms with E-state index < -0.39 is 5.41 Å². The maximum absolute atomic E-state index is 12.4. The molecular weight excluding hydrogens is 302 g/mol. The molecule has 24 heavy (non-hydrogen) atoms. The molecule has 0 saturated heterocycles. The molecule has 0 bridgehead atoms. The highest BCUT2D eigenvalue weighted by Crippen LogP contribution is 2.49. The Balaban J connectivity index is 1.52. The van der Waals surface area contributed by atoms with Crippen LogP contribution in [0.4, 0.5) is 0 Å². The Hall–Kier alpha value is -2.62. The van der Waals surface area contributed by atoms with E-state index in [1.165, 1.54) is 0 Å². The average molecular weight is 323 g/mol. The van der Waals surface area contributed by atoms with Gasteiger partial charge in [0.1, 0.15) is 0 Å². The molecule has 1 saturated carbocycles. The van der Waals surface area contributed by atoms with Gasteiger partial charge >= 0.3 is 5.97 Å². The third kappa shape index (κ3) is 3.48. The number of amides is 1. The summed E-state index contributed by atoms with van der Waals surface area (Å²) < 4.78 is 5.27. The molecule has 4 heteroatoms. The molecule has 0 spiro atoms. The first-order valence-electron chi connectivity index (χ1n) is 8.19. The number of benzene rings is 2.